The summed E-state index contributed by atoms with van der Waals surface area (Å²) in [6.45, 7) is 2.09. The lowest BCUT2D eigenvalue weighted by Gasteiger charge is -2.45. The fourth-order valence-corrected chi connectivity index (χ4v) is 4.74. The van der Waals surface area contributed by atoms with Crippen molar-refractivity contribution in [3.05, 3.63) is 0 Å². The lowest BCUT2D eigenvalue weighted by molar-refractivity contribution is -0.225. The van der Waals surface area contributed by atoms with E-state index in [4.69, 9.17) is 20.0 Å². The summed E-state index contributed by atoms with van der Waals surface area (Å²) < 4.78 is 11.5. The van der Waals surface area contributed by atoms with E-state index in [1.165, 1.54) is 19.3 Å². The monoisotopic (exact) mass is 384 g/mol. The van der Waals surface area contributed by atoms with Crippen LogP contribution in [0.1, 0.15) is 39.0 Å². The lowest BCUT2D eigenvalue weighted by Crippen LogP contribution is -2.51. The highest BCUT2D eigenvalue weighted by Gasteiger charge is 2.51. The number of carbonyl (C=O) groups excluding carboxylic acids is 1. The third kappa shape index (κ3) is 3.06. The van der Waals surface area contributed by atoms with Crippen molar-refractivity contribution in [2.24, 2.45) is 17.8 Å². The van der Waals surface area contributed by atoms with E-state index in [1.807, 2.05) is 0 Å². The summed E-state index contributed by atoms with van der Waals surface area (Å²) in [5.74, 6) is 1.57. The molecule has 2 N–H and O–H groups in total. The third-order valence-corrected chi connectivity index (χ3v) is 6.04. The Morgan fingerprint density at radius 3 is 2.68 bits per heavy atom. The number of ether oxygens (including phenoxy) is 2. The van der Waals surface area contributed by atoms with Crippen molar-refractivity contribution in [3.8, 4) is 0 Å². The molecule has 110 valence electrons. The Morgan fingerprint density at radius 2 is 1.95 bits per heavy atom. The Hall–Kier alpha value is 0.0800. The molecule has 0 radical (unpaired) electrons. The first-order valence-electron chi connectivity index (χ1n) is 6.87. The highest BCUT2D eigenvalue weighted by molar-refractivity contribution is 14.1. The molecule has 0 bridgehead atoms. The molecule has 19 heavy (non-hydrogen) atoms. The average Bonchev–Trinajstić information content (AvgIpc) is 2.59. The van der Waals surface area contributed by atoms with Gasteiger partial charge in [0.2, 0.25) is 6.29 Å². The van der Waals surface area contributed by atoms with Crippen molar-refractivity contribution >= 4 is 28.6 Å². The van der Waals surface area contributed by atoms with Crippen LogP contribution < -0.4 is 0 Å². The quantitative estimate of drug-likeness (QED) is 0.221. The van der Waals surface area contributed by atoms with E-state index in [9.17, 15) is 4.79 Å². The molecule has 3 aliphatic rings. The summed E-state index contributed by atoms with van der Waals surface area (Å²) in [5, 5.41) is 12.0. The van der Waals surface area contributed by atoms with Crippen LogP contribution in [-0.4, -0.2) is 32.8 Å². The van der Waals surface area contributed by atoms with E-state index in [1.54, 1.807) is 0 Å². The highest BCUT2D eigenvalue weighted by Crippen LogP contribution is 2.48. The molecule has 1 aliphatic carbocycles. The molecule has 0 spiro atoms. The molecule has 0 aromatic heterocycles. The highest BCUT2D eigenvalue weighted by atomic mass is 127. The fourth-order valence-electron chi connectivity index (χ4n) is 3.75. The number of hydrogen-bond acceptors (Lipinski definition) is 5. The van der Waals surface area contributed by atoms with Crippen molar-refractivity contribution in [2.45, 2.75) is 55.3 Å². The molecular formula is C13H21IO5. The minimum atomic E-state index is -0.263. The van der Waals surface area contributed by atoms with Gasteiger partial charge in [-0.25, -0.2) is 0 Å². The first kappa shape index (κ1) is 15.5. The van der Waals surface area contributed by atoms with Gasteiger partial charge >= 0.3 is 5.97 Å². The Bertz CT molecular complexity index is 324. The van der Waals surface area contributed by atoms with Crippen LogP contribution in [0.3, 0.4) is 0 Å². The molecule has 6 atom stereocenters. The number of rotatable bonds is 0. The van der Waals surface area contributed by atoms with Crippen LogP contribution in [0.5, 0.6) is 0 Å². The molecule has 0 amide bonds. The third-order valence-electron chi connectivity index (χ3n) is 4.61. The van der Waals surface area contributed by atoms with Gasteiger partial charge in [0.05, 0.1) is 6.10 Å². The van der Waals surface area contributed by atoms with Gasteiger partial charge in [0.1, 0.15) is 3.92 Å². The molecular weight excluding hydrogens is 363 g/mol. The topological polar surface area (TPSA) is 76.0 Å². The SMILES string of the molecule is CC1CC[C@H]2CCCC3C2[C@H](OC(=O)[C@@H]3I)O1.OO. The van der Waals surface area contributed by atoms with E-state index in [2.05, 4.69) is 29.5 Å². The van der Waals surface area contributed by atoms with Crippen LogP contribution in [0.2, 0.25) is 0 Å². The summed E-state index contributed by atoms with van der Waals surface area (Å²) in [7, 11) is 0. The van der Waals surface area contributed by atoms with Gasteiger partial charge in [0, 0.05) is 5.92 Å². The average molecular weight is 384 g/mol. The largest absolute Gasteiger partial charge is 0.435 e. The molecule has 0 aromatic carbocycles. The Morgan fingerprint density at radius 1 is 1.21 bits per heavy atom. The van der Waals surface area contributed by atoms with Crippen LogP contribution >= 0.6 is 22.6 Å². The van der Waals surface area contributed by atoms with E-state index >= 15 is 0 Å². The fraction of sp³-hybridized carbons (Fsp3) is 0.923. The zero-order valence-electron chi connectivity index (χ0n) is 11.0. The molecule has 2 aliphatic heterocycles. The Kier molecular flexibility index (Phi) is 5.45. The van der Waals surface area contributed by atoms with Crippen LogP contribution in [0.15, 0.2) is 0 Å². The number of alkyl halides is 1. The van der Waals surface area contributed by atoms with Crippen LogP contribution in [0, 0.1) is 17.8 Å². The number of halogens is 1. The second-order valence-electron chi connectivity index (χ2n) is 5.66. The molecule has 1 saturated carbocycles. The summed E-state index contributed by atoms with van der Waals surface area (Å²) >= 11 is 2.27. The molecule has 6 heteroatoms. The van der Waals surface area contributed by atoms with Gasteiger partial charge in [-0.3, -0.25) is 15.3 Å². The minimum absolute atomic E-state index is 0.0358. The lowest BCUT2D eigenvalue weighted by atomic mass is 9.68. The molecule has 2 saturated heterocycles. The molecule has 3 rings (SSSR count). The van der Waals surface area contributed by atoms with Crippen molar-refractivity contribution in [3.63, 3.8) is 0 Å². The van der Waals surface area contributed by atoms with E-state index < -0.39 is 0 Å². The summed E-state index contributed by atoms with van der Waals surface area (Å²) in [4.78, 5) is 11.9. The van der Waals surface area contributed by atoms with E-state index in [0.717, 1.165) is 12.8 Å². The second kappa shape index (κ2) is 6.69. The first-order chi connectivity index (χ1) is 9.16. The minimum Gasteiger partial charge on any atom is -0.435 e. The Balaban J connectivity index is 0.000000637. The second-order valence-corrected chi connectivity index (χ2v) is 7.01. The molecule has 5 nitrogen and oxygen atoms in total. The zero-order valence-corrected chi connectivity index (χ0v) is 13.2. The van der Waals surface area contributed by atoms with Gasteiger partial charge in [-0.2, -0.15) is 0 Å². The molecule has 3 unspecified atom stereocenters. The molecule has 2 heterocycles. The van der Waals surface area contributed by atoms with Gasteiger partial charge < -0.3 is 9.47 Å². The maximum absolute atomic E-state index is 11.9. The smallest absolute Gasteiger partial charge is 0.321 e. The summed E-state index contributed by atoms with van der Waals surface area (Å²) in [6, 6.07) is 0. The first-order valence-corrected chi connectivity index (χ1v) is 8.11. The van der Waals surface area contributed by atoms with Gasteiger partial charge in [0.25, 0.3) is 0 Å². The van der Waals surface area contributed by atoms with Crippen LogP contribution in [0.4, 0.5) is 0 Å². The normalized spacial score (nSPS) is 45.2. The summed E-state index contributed by atoms with van der Waals surface area (Å²) in [6.07, 6.45) is 6.02. The van der Waals surface area contributed by atoms with Crippen molar-refractivity contribution < 1.29 is 24.8 Å². The Labute approximate surface area is 126 Å². The maximum atomic E-state index is 11.9. The van der Waals surface area contributed by atoms with Gasteiger partial charge in [-0.15, -0.1) is 0 Å². The van der Waals surface area contributed by atoms with E-state index in [-0.39, 0.29) is 22.3 Å². The predicted molar refractivity (Wildman–Crippen MR) is 77.0 cm³/mol. The molecule has 3 fully saturated rings. The standard InChI is InChI=1S/C13H19IO3.H2O2/c1-7-5-6-8-3-2-4-9-10(8)13(16-7)17-12(15)11(9)14;1-2/h7-11,13H,2-6H2,1H3;1-2H/t7?,8-,9?,10?,11-,13+;/m1./s1. The van der Waals surface area contributed by atoms with Gasteiger partial charge in [-0.05, 0) is 44.4 Å². The van der Waals surface area contributed by atoms with Gasteiger partial charge in [-0.1, -0.05) is 29.0 Å². The van der Waals surface area contributed by atoms with Crippen molar-refractivity contribution in [1.29, 1.82) is 0 Å². The van der Waals surface area contributed by atoms with Crippen molar-refractivity contribution in [1.82, 2.24) is 0 Å². The van der Waals surface area contributed by atoms with Crippen molar-refractivity contribution in [2.75, 3.05) is 0 Å². The summed E-state index contributed by atoms with van der Waals surface area (Å²) in [5.41, 5.74) is 0. The number of hydrogen-bond donors (Lipinski definition) is 2. The van der Waals surface area contributed by atoms with E-state index in [0.29, 0.717) is 17.8 Å². The van der Waals surface area contributed by atoms with Crippen LogP contribution in [-0.2, 0) is 14.3 Å². The van der Waals surface area contributed by atoms with Gasteiger partial charge in [0.15, 0.2) is 0 Å². The maximum Gasteiger partial charge on any atom is 0.321 e. The zero-order chi connectivity index (χ0) is 14.0. The predicted octanol–water partition coefficient (Wildman–Crippen LogP) is 2.92. The molecule has 0 aromatic rings. The number of esters is 1. The van der Waals surface area contributed by atoms with Crippen LogP contribution in [0.25, 0.3) is 0 Å². The number of carbonyl (C=O) groups is 1.